The third-order valence-electron chi connectivity index (χ3n) is 13.3. The first kappa shape index (κ1) is 33.2. The largest absolute Gasteiger partial charge is 0.508 e. The lowest BCUT2D eigenvalue weighted by molar-refractivity contribution is -0.153. The Balaban J connectivity index is 1.18. The Bertz CT molecular complexity index is 1780. The van der Waals surface area contributed by atoms with Gasteiger partial charge in [0.15, 0.2) is 17.1 Å². The van der Waals surface area contributed by atoms with Crippen molar-refractivity contribution in [3.63, 3.8) is 0 Å². The van der Waals surface area contributed by atoms with E-state index in [0.717, 1.165) is 37.0 Å². The fourth-order valence-corrected chi connectivity index (χ4v) is 11.7. The summed E-state index contributed by atoms with van der Waals surface area (Å²) in [6.07, 6.45) is 7.51. The molecular weight excluding hydrogens is 642 g/mol. The van der Waals surface area contributed by atoms with Crippen LogP contribution in [0.2, 0.25) is 0 Å². The quantitative estimate of drug-likeness (QED) is 0.283. The summed E-state index contributed by atoms with van der Waals surface area (Å²) in [7, 11) is 6.78. The molecule has 4 atom stereocenters. The van der Waals surface area contributed by atoms with E-state index in [1.54, 1.807) is 25.1 Å². The number of aliphatic hydroxyl groups is 3. The minimum atomic E-state index is -2.72. The number of hydrogen-bond donors (Lipinski definition) is 5. The fraction of sp³-hybridized carbons (Fsp3) is 0.622. The first-order chi connectivity index (χ1) is 23.6. The predicted octanol–water partition coefficient (Wildman–Crippen LogP) is 1.65. The topological polar surface area (TPSA) is 188 Å². The van der Waals surface area contributed by atoms with Gasteiger partial charge in [0.05, 0.1) is 23.8 Å². The Morgan fingerprint density at radius 3 is 2.10 bits per heavy atom. The van der Waals surface area contributed by atoms with Gasteiger partial charge in [-0.3, -0.25) is 29.0 Å². The molecule has 4 bridgehead atoms. The highest BCUT2D eigenvalue weighted by atomic mass is 16.3. The Hall–Kier alpha value is -3.94. The number of fused-ring (bicyclic) bond motifs is 3. The van der Waals surface area contributed by atoms with Crippen LogP contribution in [0.3, 0.4) is 0 Å². The Morgan fingerprint density at radius 2 is 1.56 bits per heavy atom. The van der Waals surface area contributed by atoms with E-state index in [9.17, 15) is 39.6 Å². The number of hydrogen-bond acceptors (Lipinski definition) is 11. The average molecular weight is 690 g/mol. The van der Waals surface area contributed by atoms with Crippen molar-refractivity contribution >= 4 is 40.5 Å². The monoisotopic (exact) mass is 689 g/mol. The zero-order valence-corrected chi connectivity index (χ0v) is 29.1. The summed E-state index contributed by atoms with van der Waals surface area (Å²) in [6, 6.07) is 0.603. The van der Waals surface area contributed by atoms with E-state index in [0.29, 0.717) is 24.3 Å². The van der Waals surface area contributed by atoms with Crippen LogP contribution in [0.1, 0.15) is 56.1 Å². The second-order valence-electron chi connectivity index (χ2n) is 16.6. The van der Waals surface area contributed by atoms with Gasteiger partial charge in [-0.25, -0.2) is 0 Å². The van der Waals surface area contributed by atoms with Crippen molar-refractivity contribution < 1.29 is 39.6 Å². The molecule has 50 heavy (non-hydrogen) atoms. The zero-order chi connectivity index (χ0) is 35.8. The number of phenols is 1. The number of carbonyl (C=O) groups excluding carboxylic acids is 4. The molecule has 2 amide bonds. The van der Waals surface area contributed by atoms with E-state index >= 15 is 0 Å². The van der Waals surface area contributed by atoms with Gasteiger partial charge in [0.2, 0.25) is 11.7 Å². The number of primary amides is 1. The lowest BCUT2D eigenvalue weighted by Gasteiger charge is -2.61. The number of likely N-dealkylation sites (N-methyl/N-ethyl adjacent to an activating group) is 1. The predicted molar refractivity (Wildman–Crippen MR) is 183 cm³/mol. The summed E-state index contributed by atoms with van der Waals surface area (Å²) in [5.41, 5.74) is 3.14. The summed E-state index contributed by atoms with van der Waals surface area (Å²) in [5, 5.41) is 47.0. The highest BCUT2D eigenvalue weighted by molar-refractivity contribution is 6.24. The molecule has 5 saturated carbocycles. The molecule has 1 aromatic rings. The zero-order valence-electron chi connectivity index (χ0n) is 29.1. The minimum Gasteiger partial charge on any atom is -0.508 e. The number of ketones is 2. The number of carbonyl (C=O) groups is 4. The van der Waals surface area contributed by atoms with Gasteiger partial charge in [-0.1, -0.05) is 0 Å². The van der Waals surface area contributed by atoms with Crippen molar-refractivity contribution in [1.29, 1.82) is 0 Å². The molecule has 13 heteroatoms. The lowest BCUT2D eigenvalue weighted by atomic mass is 9.52. The van der Waals surface area contributed by atoms with Gasteiger partial charge in [0.1, 0.15) is 17.1 Å². The highest BCUT2D eigenvalue weighted by Crippen LogP contribution is 2.59. The number of phenolic OH excluding ortho intramolecular Hbond substituents is 1. The molecule has 2 unspecified atom stereocenters. The molecule has 268 valence electrons. The summed E-state index contributed by atoms with van der Waals surface area (Å²) in [6.45, 7) is 1.25. The molecule has 6 fully saturated rings. The van der Waals surface area contributed by atoms with Gasteiger partial charge in [0.25, 0.3) is 5.91 Å². The molecule has 7 aliphatic carbocycles. The number of nitrogens with zero attached hydrogens (tertiary/aromatic N) is 4. The summed E-state index contributed by atoms with van der Waals surface area (Å²) in [4.78, 5) is 61.3. The fourth-order valence-electron chi connectivity index (χ4n) is 11.7. The van der Waals surface area contributed by atoms with E-state index in [-0.39, 0.29) is 53.4 Å². The number of rotatable bonds is 5. The van der Waals surface area contributed by atoms with Crippen LogP contribution in [0.25, 0.3) is 5.76 Å². The normalized spacial score (nSPS) is 36.6. The van der Waals surface area contributed by atoms with Crippen LogP contribution in [-0.4, -0.2) is 119 Å². The summed E-state index contributed by atoms with van der Waals surface area (Å²) >= 11 is 0. The van der Waals surface area contributed by atoms with Crippen LogP contribution >= 0.6 is 0 Å². The molecule has 9 rings (SSSR count). The number of aromatic hydroxyl groups is 1. The van der Waals surface area contributed by atoms with Gasteiger partial charge in [-0.05, 0) is 101 Å². The number of aliphatic hydroxyl groups excluding tert-OH is 2. The number of Topliss-reactive ketones (excluding diaryl/α,β-unsaturated/α-hetero) is 2. The van der Waals surface area contributed by atoms with Gasteiger partial charge in [-0.2, -0.15) is 0 Å². The third-order valence-corrected chi connectivity index (χ3v) is 13.3. The number of amides is 2. The highest BCUT2D eigenvalue weighted by Gasteiger charge is 2.64. The standard InChI is InChI=1S/C37H47N5O8/c1-39(2)23-12-24(42-6-5-41(16-25(42)43)36-13-17-7-18(14-36)9-19(8-17)15-36)30(44)27-21(23)10-20-11-22-29(40(3)4)32(46)28(35(38)49)34(48)37(22,50)33(47)26(20)31(27)45/h12,17-20,22,29,44-45,48,50H,5-11,13-16H2,1-4H3,(H2,38,49)/t17?,18?,19?,20?,22?,29-,36?,37-/m0/s1. The van der Waals surface area contributed by atoms with Crippen LogP contribution in [0.5, 0.6) is 5.75 Å². The van der Waals surface area contributed by atoms with Crippen molar-refractivity contribution in [3.8, 4) is 5.75 Å². The van der Waals surface area contributed by atoms with Gasteiger partial charge < -0.3 is 36.0 Å². The average Bonchev–Trinajstić information content (AvgIpc) is 3.02. The maximum atomic E-state index is 14.4. The number of piperazine rings is 1. The number of benzene rings is 1. The molecule has 0 radical (unpaired) electrons. The second-order valence-corrected chi connectivity index (χ2v) is 16.6. The molecule has 1 saturated heterocycles. The van der Waals surface area contributed by atoms with Crippen molar-refractivity contribution in [3.05, 3.63) is 34.1 Å². The molecule has 0 spiro atoms. The van der Waals surface area contributed by atoms with Gasteiger partial charge >= 0.3 is 0 Å². The van der Waals surface area contributed by atoms with Crippen molar-refractivity contribution in [2.24, 2.45) is 35.3 Å². The number of nitrogens with two attached hydrogens (primary N) is 1. The van der Waals surface area contributed by atoms with Gasteiger partial charge in [0, 0.05) is 49.9 Å². The molecular formula is C37H47N5O8. The first-order valence-electron chi connectivity index (χ1n) is 17.8. The molecule has 6 N–H and O–H groups in total. The van der Waals surface area contributed by atoms with Gasteiger partial charge in [-0.15, -0.1) is 0 Å². The van der Waals surface area contributed by atoms with E-state index < -0.39 is 58.0 Å². The second kappa shape index (κ2) is 11.0. The molecule has 13 nitrogen and oxygen atoms in total. The van der Waals surface area contributed by atoms with E-state index in [2.05, 4.69) is 4.90 Å². The maximum absolute atomic E-state index is 14.4. The van der Waals surface area contributed by atoms with E-state index in [1.165, 1.54) is 24.2 Å². The molecule has 1 aliphatic heterocycles. The summed E-state index contributed by atoms with van der Waals surface area (Å²) in [5.74, 6) is -4.95. The summed E-state index contributed by atoms with van der Waals surface area (Å²) < 4.78 is 0. The Kier molecular flexibility index (Phi) is 7.33. The lowest BCUT2D eigenvalue weighted by Crippen LogP contribution is -2.65. The van der Waals surface area contributed by atoms with Crippen molar-refractivity contribution in [2.75, 3.05) is 57.6 Å². The molecule has 1 aromatic carbocycles. The molecule has 1 heterocycles. The maximum Gasteiger partial charge on any atom is 0.255 e. The smallest absolute Gasteiger partial charge is 0.255 e. The van der Waals surface area contributed by atoms with E-state index in [1.807, 2.05) is 19.0 Å². The molecule has 8 aliphatic rings. The Morgan fingerprint density at radius 1 is 0.940 bits per heavy atom. The van der Waals surface area contributed by atoms with Crippen LogP contribution < -0.4 is 15.5 Å². The van der Waals surface area contributed by atoms with Crippen LogP contribution in [0, 0.1) is 29.6 Å². The third kappa shape index (κ3) is 4.41. The minimum absolute atomic E-state index is 0.00586. The molecule has 0 aromatic heterocycles. The Labute approximate surface area is 291 Å². The number of anilines is 2. The van der Waals surface area contributed by atoms with Crippen LogP contribution in [0.4, 0.5) is 11.4 Å². The van der Waals surface area contributed by atoms with Crippen LogP contribution in [0.15, 0.2) is 23.0 Å². The van der Waals surface area contributed by atoms with Crippen molar-refractivity contribution in [2.45, 2.75) is 68.5 Å². The first-order valence-corrected chi connectivity index (χ1v) is 17.8. The van der Waals surface area contributed by atoms with E-state index in [4.69, 9.17) is 5.73 Å². The SMILES string of the molecule is CN(C)c1cc(N2CCN(C34CC5CC(CC(C5)C3)C4)CC2=O)c(O)c2c1CC1CC3[C@H](N(C)C)C(=O)C(C(N)=O)=C(O)[C@@]3(O)C(=O)C1=C2O. The van der Waals surface area contributed by atoms with Crippen LogP contribution in [-0.2, 0) is 25.6 Å². The van der Waals surface area contributed by atoms with Crippen molar-refractivity contribution in [1.82, 2.24) is 9.80 Å².